The molecule has 0 saturated carbocycles. The highest BCUT2D eigenvalue weighted by Gasteiger charge is 2.24. The van der Waals surface area contributed by atoms with Gasteiger partial charge in [0, 0.05) is 32.6 Å². The summed E-state index contributed by atoms with van der Waals surface area (Å²) in [5.74, 6) is 1.02. The Morgan fingerprint density at radius 3 is 3.11 bits per heavy atom. The lowest BCUT2D eigenvalue weighted by Crippen LogP contribution is -2.53. The van der Waals surface area contributed by atoms with Crippen molar-refractivity contribution in [1.29, 1.82) is 0 Å². The van der Waals surface area contributed by atoms with E-state index in [4.69, 9.17) is 4.74 Å². The van der Waals surface area contributed by atoms with Crippen molar-refractivity contribution in [2.45, 2.75) is 19.4 Å². The number of rotatable bonds is 3. The fourth-order valence-corrected chi connectivity index (χ4v) is 2.43. The molecule has 1 aliphatic heterocycles. The molecule has 0 aliphatic carbocycles. The molecule has 1 aromatic rings. The second-order valence-electron chi connectivity index (χ2n) is 4.63. The average Bonchev–Trinajstić information content (AvgIpc) is 2.39. The smallest absolute Gasteiger partial charge is 0.219 e. The zero-order chi connectivity index (χ0) is 13.0. The number of carbonyl (C=O) groups is 1. The highest BCUT2D eigenvalue weighted by Crippen LogP contribution is 2.16. The van der Waals surface area contributed by atoms with E-state index in [9.17, 15) is 4.79 Å². The largest absolute Gasteiger partial charge is 0.497 e. The molecular formula is C14H20N2O2. The number of methoxy groups -OCH3 is 1. The quantitative estimate of drug-likeness (QED) is 0.869. The summed E-state index contributed by atoms with van der Waals surface area (Å²) >= 11 is 0. The molecule has 0 radical (unpaired) electrons. The summed E-state index contributed by atoms with van der Waals surface area (Å²) in [5, 5.41) is 3.34. The number of nitrogens with one attached hydrogen (secondary N) is 1. The highest BCUT2D eigenvalue weighted by molar-refractivity contribution is 5.73. The molecule has 1 aromatic carbocycles. The van der Waals surface area contributed by atoms with E-state index in [-0.39, 0.29) is 11.9 Å². The van der Waals surface area contributed by atoms with Gasteiger partial charge in [0.05, 0.1) is 7.11 Å². The summed E-state index contributed by atoms with van der Waals surface area (Å²) in [5.41, 5.74) is 1.20. The Labute approximate surface area is 108 Å². The van der Waals surface area contributed by atoms with E-state index in [1.165, 1.54) is 5.56 Å². The van der Waals surface area contributed by atoms with E-state index in [0.29, 0.717) is 0 Å². The minimum Gasteiger partial charge on any atom is -0.497 e. The van der Waals surface area contributed by atoms with Crippen LogP contribution in [0.1, 0.15) is 12.5 Å². The summed E-state index contributed by atoms with van der Waals surface area (Å²) in [6.45, 7) is 4.18. The molecule has 1 saturated heterocycles. The van der Waals surface area contributed by atoms with Crippen LogP contribution in [0.15, 0.2) is 24.3 Å². The van der Waals surface area contributed by atoms with Crippen LogP contribution in [0.4, 0.5) is 0 Å². The maximum atomic E-state index is 11.6. The molecule has 0 aromatic heterocycles. The second kappa shape index (κ2) is 5.87. The van der Waals surface area contributed by atoms with E-state index >= 15 is 0 Å². The number of nitrogens with zero attached hydrogens (tertiary/aromatic N) is 1. The first kappa shape index (κ1) is 12.9. The topological polar surface area (TPSA) is 41.6 Å². The standard InChI is InChI=1S/C14H20N2O2/c1-11(17)16-7-6-15-10-13(16)8-12-4-3-5-14(9-12)18-2/h3-5,9,13,15H,6-8,10H2,1-2H3. The molecule has 2 rings (SSSR count). The van der Waals surface area contributed by atoms with Crippen LogP contribution in [0.2, 0.25) is 0 Å². The van der Waals surface area contributed by atoms with Gasteiger partial charge in [-0.25, -0.2) is 0 Å². The van der Waals surface area contributed by atoms with E-state index < -0.39 is 0 Å². The molecule has 0 spiro atoms. The van der Waals surface area contributed by atoms with Crippen molar-refractivity contribution < 1.29 is 9.53 Å². The van der Waals surface area contributed by atoms with Gasteiger partial charge in [-0.3, -0.25) is 4.79 Å². The molecule has 1 N–H and O–H groups in total. The number of amides is 1. The van der Waals surface area contributed by atoms with Crippen LogP contribution < -0.4 is 10.1 Å². The zero-order valence-electron chi connectivity index (χ0n) is 11.0. The number of hydrogen-bond acceptors (Lipinski definition) is 3. The van der Waals surface area contributed by atoms with Crippen LogP contribution in [0.25, 0.3) is 0 Å². The number of carbonyl (C=O) groups excluding carboxylic acids is 1. The van der Waals surface area contributed by atoms with Gasteiger partial charge >= 0.3 is 0 Å². The van der Waals surface area contributed by atoms with Gasteiger partial charge in [-0.15, -0.1) is 0 Å². The van der Waals surface area contributed by atoms with Crippen molar-refractivity contribution in [2.75, 3.05) is 26.7 Å². The minimum atomic E-state index is 0.157. The normalized spacial score (nSPS) is 19.7. The van der Waals surface area contributed by atoms with Crippen molar-refractivity contribution >= 4 is 5.91 Å². The molecule has 4 nitrogen and oxygen atoms in total. The van der Waals surface area contributed by atoms with Crippen molar-refractivity contribution in [3.63, 3.8) is 0 Å². The lowest BCUT2D eigenvalue weighted by atomic mass is 10.0. The fraction of sp³-hybridized carbons (Fsp3) is 0.500. The first-order valence-corrected chi connectivity index (χ1v) is 6.31. The summed E-state index contributed by atoms with van der Waals surface area (Å²) in [6, 6.07) is 8.28. The van der Waals surface area contributed by atoms with Crippen molar-refractivity contribution in [3.05, 3.63) is 29.8 Å². The molecule has 4 heteroatoms. The average molecular weight is 248 g/mol. The molecule has 1 unspecified atom stereocenters. The van der Waals surface area contributed by atoms with Crippen molar-refractivity contribution in [2.24, 2.45) is 0 Å². The Balaban J connectivity index is 2.08. The second-order valence-corrected chi connectivity index (χ2v) is 4.63. The number of ether oxygens (including phenoxy) is 1. The first-order valence-electron chi connectivity index (χ1n) is 6.31. The predicted octanol–water partition coefficient (Wildman–Crippen LogP) is 1.06. The Morgan fingerprint density at radius 2 is 2.39 bits per heavy atom. The third kappa shape index (κ3) is 3.01. The lowest BCUT2D eigenvalue weighted by molar-refractivity contribution is -0.131. The maximum absolute atomic E-state index is 11.6. The molecule has 1 amide bonds. The molecular weight excluding hydrogens is 228 g/mol. The molecule has 1 fully saturated rings. The zero-order valence-corrected chi connectivity index (χ0v) is 11.0. The SMILES string of the molecule is COc1cccc(CC2CNCCN2C(C)=O)c1. The Hall–Kier alpha value is -1.55. The predicted molar refractivity (Wildman–Crippen MR) is 70.7 cm³/mol. The van der Waals surface area contributed by atoms with E-state index in [1.807, 2.05) is 23.1 Å². The third-order valence-electron chi connectivity index (χ3n) is 3.36. The summed E-state index contributed by atoms with van der Waals surface area (Å²) in [6.07, 6.45) is 0.865. The maximum Gasteiger partial charge on any atom is 0.219 e. The Kier molecular flexibility index (Phi) is 4.20. The highest BCUT2D eigenvalue weighted by atomic mass is 16.5. The van der Waals surface area contributed by atoms with Crippen LogP contribution in [0.5, 0.6) is 5.75 Å². The number of hydrogen-bond donors (Lipinski definition) is 1. The molecule has 1 heterocycles. The number of piperazine rings is 1. The molecule has 1 atom stereocenters. The molecule has 18 heavy (non-hydrogen) atoms. The van der Waals surface area contributed by atoms with Crippen LogP contribution >= 0.6 is 0 Å². The van der Waals surface area contributed by atoms with Gasteiger partial charge in [0.15, 0.2) is 0 Å². The van der Waals surface area contributed by atoms with Gasteiger partial charge in [0.25, 0.3) is 0 Å². The molecule has 0 bridgehead atoms. The fourth-order valence-electron chi connectivity index (χ4n) is 2.43. The first-order chi connectivity index (χ1) is 8.70. The summed E-state index contributed by atoms with van der Waals surface area (Å²) in [4.78, 5) is 13.6. The Morgan fingerprint density at radius 1 is 1.56 bits per heavy atom. The van der Waals surface area contributed by atoms with Gasteiger partial charge in [0.2, 0.25) is 5.91 Å². The lowest BCUT2D eigenvalue weighted by Gasteiger charge is -2.35. The van der Waals surface area contributed by atoms with Gasteiger partial charge in [-0.1, -0.05) is 12.1 Å². The van der Waals surface area contributed by atoms with Gasteiger partial charge < -0.3 is 15.0 Å². The molecule has 98 valence electrons. The van der Waals surface area contributed by atoms with Crippen molar-refractivity contribution in [3.8, 4) is 5.75 Å². The molecule has 1 aliphatic rings. The third-order valence-corrected chi connectivity index (χ3v) is 3.36. The summed E-state index contributed by atoms with van der Waals surface area (Å²) in [7, 11) is 1.67. The monoisotopic (exact) mass is 248 g/mol. The van der Waals surface area contributed by atoms with Crippen LogP contribution in [0, 0.1) is 0 Å². The summed E-state index contributed by atoms with van der Waals surface area (Å²) < 4.78 is 5.22. The van der Waals surface area contributed by atoms with E-state index in [2.05, 4.69) is 11.4 Å². The number of benzene rings is 1. The Bertz CT molecular complexity index is 420. The minimum absolute atomic E-state index is 0.157. The van der Waals surface area contributed by atoms with Crippen molar-refractivity contribution in [1.82, 2.24) is 10.2 Å². The van der Waals surface area contributed by atoms with Gasteiger partial charge in [0.1, 0.15) is 5.75 Å². The van der Waals surface area contributed by atoms with E-state index in [1.54, 1.807) is 14.0 Å². The van der Waals surface area contributed by atoms with Crippen LogP contribution in [-0.4, -0.2) is 43.6 Å². The van der Waals surface area contributed by atoms with Gasteiger partial charge in [-0.2, -0.15) is 0 Å². The van der Waals surface area contributed by atoms with E-state index in [0.717, 1.165) is 31.8 Å². The van der Waals surface area contributed by atoms with Crippen LogP contribution in [-0.2, 0) is 11.2 Å². The van der Waals surface area contributed by atoms with Crippen LogP contribution in [0.3, 0.4) is 0 Å². The van der Waals surface area contributed by atoms with Gasteiger partial charge in [-0.05, 0) is 24.1 Å².